The second kappa shape index (κ2) is 7.07. The molecule has 0 aliphatic rings. The van der Waals surface area contributed by atoms with E-state index in [1.165, 1.54) is 0 Å². The van der Waals surface area contributed by atoms with E-state index < -0.39 is 0 Å². The number of aliphatic hydroxyl groups excluding tert-OH is 1. The van der Waals surface area contributed by atoms with Gasteiger partial charge in [-0.3, -0.25) is 0 Å². The zero-order chi connectivity index (χ0) is 11.8. The maximum atomic E-state index is 8.86. The Kier molecular flexibility index (Phi) is 5.65. The summed E-state index contributed by atoms with van der Waals surface area (Å²) in [4.78, 5) is 0. The van der Waals surface area contributed by atoms with Crippen molar-refractivity contribution in [3.05, 3.63) is 28.8 Å². The quantitative estimate of drug-likeness (QED) is 0.769. The number of aliphatic hydroxyl groups is 1. The maximum Gasteiger partial charge on any atom is 0.138 e. The van der Waals surface area contributed by atoms with E-state index in [9.17, 15) is 0 Å². The van der Waals surface area contributed by atoms with E-state index in [-0.39, 0.29) is 13.2 Å². The fraction of sp³-hybridized carbons (Fsp3) is 0.364. The number of nitrogens with zero attached hydrogens (tertiary/aromatic N) is 1. The fourth-order valence-electron chi connectivity index (χ4n) is 1.11. The molecule has 0 bridgehead atoms. The predicted molar refractivity (Wildman–Crippen MR) is 59.6 cm³/mol. The first kappa shape index (κ1) is 12.8. The Bertz CT molecular complexity index is 376. The largest absolute Gasteiger partial charge is 0.490 e. The third-order valence-corrected chi connectivity index (χ3v) is 2.12. The van der Waals surface area contributed by atoms with Crippen LogP contribution in [0.4, 0.5) is 0 Å². The summed E-state index contributed by atoms with van der Waals surface area (Å²) in [5.74, 6) is 0.447. The van der Waals surface area contributed by atoms with Crippen LogP contribution in [0.15, 0.2) is 18.2 Å². The van der Waals surface area contributed by atoms with Crippen LogP contribution in [0.5, 0.6) is 5.75 Å². The van der Waals surface area contributed by atoms with Crippen LogP contribution >= 0.6 is 11.6 Å². The second-order valence-corrected chi connectivity index (χ2v) is 3.32. The Morgan fingerprint density at radius 1 is 1.31 bits per heavy atom. The van der Waals surface area contributed by atoms with E-state index >= 15 is 0 Å². The highest BCUT2D eigenvalue weighted by Crippen LogP contribution is 2.25. The van der Waals surface area contributed by atoms with Gasteiger partial charge in [-0.05, 0) is 12.1 Å². The first-order valence-electron chi connectivity index (χ1n) is 4.79. The van der Waals surface area contributed by atoms with Crippen molar-refractivity contribution in [2.24, 2.45) is 0 Å². The average Bonchev–Trinajstić information content (AvgIpc) is 2.29. The van der Waals surface area contributed by atoms with Gasteiger partial charge in [-0.15, -0.1) is 0 Å². The van der Waals surface area contributed by atoms with Gasteiger partial charge in [0.15, 0.2) is 0 Å². The van der Waals surface area contributed by atoms with Gasteiger partial charge in [-0.2, -0.15) is 5.26 Å². The number of benzene rings is 1. The minimum atomic E-state index is -0.0133. The van der Waals surface area contributed by atoms with Gasteiger partial charge in [0.2, 0.25) is 0 Å². The molecule has 0 aromatic heterocycles. The van der Waals surface area contributed by atoms with E-state index in [1.807, 2.05) is 6.07 Å². The second-order valence-electron chi connectivity index (χ2n) is 2.91. The Hall–Kier alpha value is -1.28. The number of hydrogen-bond acceptors (Lipinski definition) is 4. The first-order valence-corrected chi connectivity index (χ1v) is 5.17. The number of halogens is 1. The Balaban J connectivity index is 2.48. The number of hydrogen-bond donors (Lipinski definition) is 1. The molecule has 86 valence electrons. The van der Waals surface area contributed by atoms with Crippen molar-refractivity contribution in [1.82, 2.24) is 0 Å². The molecule has 0 heterocycles. The van der Waals surface area contributed by atoms with Gasteiger partial charge in [0.25, 0.3) is 0 Å². The minimum Gasteiger partial charge on any atom is -0.490 e. The third-order valence-electron chi connectivity index (χ3n) is 1.81. The van der Waals surface area contributed by atoms with Crippen molar-refractivity contribution in [3.8, 4) is 11.8 Å². The highest BCUT2D eigenvalue weighted by molar-refractivity contribution is 6.31. The average molecular weight is 242 g/mol. The summed E-state index contributed by atoms with van der Waals surface area (Å²) >= 11 is 5.83. The number of nitriles is 1. The lowest BCUT2D eigenvalue weighted by atomic mass is 10.2. The topological polar surface area (TPSA) is 62.5 Å². The van der Waals surface area contributed by atoms with E-state index in [0.29, 0.717) is 29.5 Å². The van der Waals surface area contributed by atoms with E-state index in [0.717, 1.165) is 0 Å². The molecule has 0 aliphatic heterocycles. The summed E-state index contributed by atoms with van der Waals surface area (Å²) < 4.78 is 10.4. The SMILES string of the molecule is N#Cc1c(Cl)cccc1OCCOCCO. The van der Waals surface area contributed by atoms with Gasteiger partial charge in [0.1, 0.15) is 24.0 Å². The van der Waals surface area contributed by atoms with Crippen LogP contribution in [0.25, 0.3) is 0 Å². The smallest absolute Gasteiger partial charge is 0.138 e. The van der Waals surface area contributed by atoms with E-state index in [4.69, 9.17) is 31.4 Å². The molecule has 0 spiro atoms. The first-order chi connectivity index (χ1) is 7.79. The molecular formula is C11H12ClNO3. The highest BCUT2D eigenvalue weighted by Gasteiger charge is 2.06. The standard InChI is InChI=1S/C11H12ClNO3/c12-10-2-1-3-11(9(10)8-13)16-7-6-15-5-4-14/h1-3,14H,4-7H2. The van der Waals surface area contributed by atoms with Crippen LogP contribution in [-0.4, -0.2) is 31.5 Å². The summed E-state index contributed by atoms with van der Waals surface area (Å²) in [6, 6.07) is 7.00. The van der Waals surface area contributed by atoms with Crippen LogP contribution in [0.2, 0.25) is 5.02 Å². The monoisotopic (exact) mass is 241 g/mol. The number of rotatable bonds is 6. The summed E-state index contributed by atoms with van der Waals surface area (Å²) in [7, 11) is 0. The Labute approximate surface area is 99.0 Å². The van der Waals surface area contributed by atoms with Crippen molar-refractivity contribution >= 4 is 11.6 Å². The van der Waals surface area contributed by atoms with Crippen LogP contribution in [0.1, 0.15) is 5.56 Å². The molecule has 0 unspecified atom stereocenters. The Morgan fingerprint density at radius 2 is 2.12 bits per heavy atom. The van der Waals surface area contributed by atoms with Gasteiger partial charge in [-0.25, -0.2) is 0 Å². The molecule has 0 aliphatic carbocycles. The molecule has 0 radical (unpaired) electrons. The van der Waals surface area contributed by atoms with Crippen molar-refractivity contribution < 1.29 is 14.6 Å². The van der Waals surface area contributed by atoms with Crippen LogP contribution in [-0.2, 0) is 4.74 Å². The minimum absolute atomic E-state index is 0.0133. The van der Waals surface area contributed by atoms with Gasteiger partial charge >= 0.3 is 0 Å². The molecule has 0 saturated carbocycles. The lowest BCUT2D eigenvalue weighted by Crippen LogP contribution is -2.09. The molecule has 16 heavy (non-hydrogen) atoms. The molecule has 1 aromatic rings. The number of ether oxygens (including phenoxy) is 2. The summed E-state index contributed by atoms with van der Waals surface area (Å²) in [6.45, 7) is 0.942. The molecule has 0 fully saturated rings. The summed E-state index contributed by atoms with van der Waals surface area (Å²) in [5, 5.41) is 17.7. The summed E-state index contributed by atoms with van der Waals surface area (Å²) in [6.07, 6.45) is 0. The van der Waals surface area contributed by atoms with Crippen molar-refractivity contribution in [1.29, 1.82) is 5.26 Å². The molecule has 1 rings (SSSR count). The molecule has 4 nitrogen and oxygen atoms in total. The normalized spacial score (nSPS) is 9.81. The lowest BCUT2D eigenvalue weighted by Gasteiger charge is -2.08. The van der Waals surface area contributed by atoms with Gasteiger partial charge in [0.05, 0.1) is 24.8 Å². The van der Waals surface area contributed by atoms with Crippen LogP contribution in [0, 0.1) is 11.3 Å². The Morgan fingerprint density at radius 3 is 2.81 bits per heavy atom. The zero-order valence-electron chi connectivity index (χ0n) is 8.65. The van der Waals surface area contributed by atoms with Crippen molar-refractivity contribution in [2.75, 3.05) is 26.4 Å². The molecule has 5 heteroatoms. The lowest BCUT2D eigenvalue weighted by molar-refractivity contribution is 0.0704. The fourth-order valence-corrected chi connectivity index (χ4v) is 1.32. The van der Waals surface area contributed by atoms with Gasteiger partial charge in [-0.1, -0.05) is 17.7 Å². The highest BCUT2D eigenvalue weighted by atomic mass is 35.5. The van der Waals surface area contributed by atoms with E-state index in [2.05, 4.69) is 0 Å². The van der Waals surface area contributed by atoms with E-state index in [1.54, 1.807) is 18.2 Å². The molecule has 0 atom stereocenters. The molecule has 0 saturated heterocycles. The zero-order valence-corrected chi connectivity index (χ0v) is 9.41. The third kappa shape index (κ3) is 3.70. The molecule has 1 aromatic carbocycles. The van der Waals surface area contributed by atoms with Gasteiger partial charge < -0.3 is 14.6 Å². The van der Waals surface area contributed by atoms with Crippen molar-refractivity contribution in [3.63, 3.8) is 0 Å². The molecule has 0 amide bonds. The predicted octanol–water partition coefficient (Wildman–Crippen LogP) is 1.60. The molecule has 1 N–H and O–H groups in total. The van der Waals surface area contributed by atoms with Gasteiger partial charge in [0, 0.05) is 0 Å². The summed E-state index contributed by atoms with van der Waals surface area (Å²) in [5.41, 5.74) is 0.325. The van der Waals surface area contributed by atoms with Crippen molar-refractivity contribution in [2.45, 2.75) is 0 Å². The van der Waals surface area contributed by atoms with Crippen LogP contribution in [0.3, 0.4) is 0 Å². The molecular weight excluding hydrogens is 230 g/mol. The van der Waals surface area contributed by atoms with Crippen LogP contribution < -0.4 is 4.74 Å². The maximum absolute atomic E-state index is 8.86.